The van der Waals surface area contributed by atoms with Gasteiger partial charge in [0.25, 0.3) is 0 Å². The Labute approximate surface area is 104 Å². The van der Waals surface area contributed by atoms with Crippen molar-refractivity contribution in [1.82, 2.24) is 9.97 Å². The lowest BCUT2D eigenvalue weighted by Gasteiger charge is -2.06. The smallest absolute Gasteiger partial charge is 0.145 e. The number of hydrogen-bond donors (Lipinski definition) is 1. The molecule has 5 heteroatoms. The lowest BCUT2D eigenvalue weighted by molar-refractivity contribution is 0.602. The van der Waals surface area contributed by atoms with Gasteiger partial charge in [-0.05, 0) is 24.6 Å². The maximum Gasteiger partial charge on any atom is 0.145 e. The minimum atomic E-state index is -0.515. The van der Waals surface area contributed by atoms with Crippen molar-refractivity contribution in [3.05, 3.63) is 42.2 Å². The Hall–Kier alpha value is -2.04. The second-order valence-electron chi connectivity index (χ2n) is 3.84. The molecule has 0 unspecified atom stereocenters. The number of rotatable bonds is 4. The maximum atomic E-state index is 13.6. The summed E-state index contributed by atoms with van der Waals surface area (Å²) in [5.41, 5.74) is 0.427. The summed E-state index contributed by atoms with van der Waals surface area (Å²) in [6.45, 7) is 2.78. The second-order valence-corrected chi connectivity index (χ2v) is 3.84. The van der Waals surface area contributed by atoms with Crippen LogP contribution < -0.4 is 5.32 Å². The predicted molar refractivity (Wildman–Crippen MR) is 66.2 cm³/mol. The maximum absolute atomic E-state index is 13.6. The molecule has 1 heterocycles. The van der Waals surface area contributed by atoms with Crippen LogP contribution in [0.2, 0.25) is 0 Å². The van der Waals surface area contributed by atoms with E-state index in [9.17, 15) is 8.78 Å². The molecule has 0 aliphatic carbocycles. The van der Waals surface area contributed by atoms with Gasteiger partial charge in [-0.2, -0.15) is 0 Å². The monoisotopic (exact) mass is 249 g/mol. The van der Waals surface area contributed by atoms with Gasteiger partial charge in [-0.25, -0.2) is 13.8 Å². The summed E-state index contributed by atoms with van der Waals surface area (Å²) in [5.74, 6) is -0.462. The van der Waals surface area contributed by atoms with Gasteiger partial charge < -0.3 is 5.32 Å². The highest BCUT2D eigenvalue weighted by molar-refractivity contribution is 5.60. The van der Waals surface area contributed by atoms with Crippen LogP contribution in [0.4, 0.5) is 14.6 Å². The van der Waals surface area contributed by atoms with Gasteiger partial charge in [0, 0.05) is 12.1 Å². The van der Waals surface area contributed by atoms with Crippen molar-refractivity contribution in [2.45, 2.75) is 13.3 Å². The number of hydrogen-bond acceptors (Lipinski definition) is 3. The number of nitrogens with zero attached hydrogens (tertiary/aromatic N) is 2. The molecule has 0 amide bonds. The third-order valence-electron chi connectivity index (χ3n) is 2.40. The first-order valence-electron chi connectivity index (χ1n) is 5.72. The Morgan fingerprint density at radius 2 is 2.06 bits per heavy atom. The first kappa shape index (κ1) is 12.4. The molecule has 0 bridgehead atoms. The Morgan fingerprint density at radius 3 is 2.83 bits per heavy atom. The van der Waals surface area contributed by atoms with Crippen LogP contribution in [0.15, 0.2) is 30.6 Å². The lowest BCUT2D eigenvalue weighted by atomic mass is 10.1. The molecule has 0 saturated heterocycles. The molecule has 18 heavy (non-hydrogen) atoms. The molecule has 1 N–H and O–H groups in total. The lowest BCUT2D eigenvalue weighted by Crippen LogP contribution is -2.03. The van der Waals surface area contributed by atoms with Gasteiger partial charge in [0.05, 0.1) is 18.1 Å². The third-order valence-corrected chi connectivity index (χ3v) is 2.40. The second kappa shape index (κ2) is 5.53. The molecule has 0 radical (unpaired) electrons. The van der Waals surface area contributed by atoms with Crippen molar-refractivity contribution < 1.29 is 8.78 Å². The molecule has 94 valence electrons. The van der Waals surface area contributed by atoms with E-state index in [0.717, 1.165) is 31.2 Å². The SMILES string of the molecule is CCCNc1cncc(-c2cc(F)ccc2F)n1. The fourth-order valence-electron chi connectivity index (χ4n) is 1.53. The predicted octanol–water partition coefficient (Wildman–Crippen LogP) is 3.24. The van der Waals surface area contributed by atoms with Gasteiger partial charge in [0.2, 0.25) is 0 Å². The average Bonchev–Trinajstić information content (AvgIpc) is 2.39. The molecule has 0 aliphatic rings. The van der Waals surface area contributed by atoms with E-state index in [1.807, 2.05) is 6.92 Å². The van der Waals surface area contributed by atoms with Crippen LogP contribution in [-0.4, -0.2) is 16.5 Å². The molecule has 3 nitrogen and oxygen atoms in total. The van der Waals surface area contributed by atoms with Crippen molar-refractivity contribution in [2.75, 3.05) is 11.9 Å². The van der Waals surface area contributed by atoms with Gasteiger partial charge in [0.1, 0.15) is 17.5 Å². The van der Waals surface area contributed by atoms with Crippen molar-refractivity contribution in [2.24, 2.45) is 0 Å². The minimum Gasteiger partial charge on any atom is -0.369 e. The number of nitrogens with one attached hydrogen (secondary N) is 1. The van der Waals surface area contributed by atoms with E-state index < -0.39 is 11.6 Å². The van der Waals surface area contributed by atoms with E-state index in [1.165, 1.54) is 6.20 Å². The third kappa shape index (κ3) is 2.80. The highest BCUT2D eigenvalue weighted by Gasteiger charge is 2.09. The number of benzene rings is 1. The normalized spacial score (nSPS) is 10.4. The first-order chi connectivity index (χ1) is 8.70. The van der Waals surface area contributed by atoms with Crippen LogP contribution in [0.3, 0.4) is 0 Å². The number of halogens is 2. The van der Waals surface area contributed by atoms with Gasteiger partial charge in [-0.3, -0.25) is 4.98 Å². The quantitative estimate of drug-likeness (QED) is 0.903. The van der Waals surface area contributed by atoms with Crippen LogP contribution in [0, 0.1) is 11.6 Å². The summed E-state index contributed by atoms with van der Waals surface area (Å²) >= 11 is 0. The zero-order chi connectivity index (χ0) is 13.0. The van der Waals surface area contributed by atoms with Gasteiger partial charge >= 0.3 is 0 Å². The van der Waals surface area contributed by atoms with Crippen molar-refractivity contribution in [3.63, 3.8) is 0 Å². The van der Waals surface area contributed by atoms with Crippen LogP contribution >= 0.6 is 0 Å². The number of anilines is 1. The number of aromatic nitrogens is 2. The van der Waals surface area contributed by atoms with Gasteiger partial charge in [0.15, 0.2) is 0 Å². The van der Waals surface area contributed by atoms with Crippen molar-refractivity contribution in [3.8, 4) is 11.3 Å². The summed E-state index contributed by atoms with van der Waals surface area (Å²) in [6.07, 6.45) is 3.91. The Morgan fingerprint density at radius 1 is 1.22 bits per heavy atom. The van der Waals surface area contributed by atoms with Gasteiger partial charge in [-0.15, -0.1) is 0 Å². The fraction of sp³-hybridized carbons (Fsp3) is 0.231. The Bertz CT molecular complexity index is 544. The summed E-state index contributed by atoms with van der Waals surface area (Å²) in [6, 6.07) is 3.27. The van der Waals surface area contributed by atoms with Crippen LogP contribution in [0.5, 0.6) is 0 Å². The minimum absolute atomic E-state index is 0.114. The summed E-state index contributed by atoms with van der Waals surface area (Å²) in [4.78, 5) is 8.17. The molecule has 1 aromatic heterocycles. The van der Waals surface area contributed by atoms with E-state index in [-0.39, 0.29) is 5.56 Å². The molecule has 0 spiro atoms. The fourth-order valence-corrected chi connectivity index (χ4v) is 1.53. The Kier molecular flexibility index (Phi) is 3.82. The van der Waals surface area contributed by atoms with Gasteiger partial charge in [-0.1, -0.05) is 6.92 Å². The molecule has 2 aromatic rings. The molecular formula is C13H13F2N3. The molecular weight excluding hydrogens is 236 g/mol. The van der Waals surface area contributed by atoms with E-state index in [4.69, 9.17) is 0 Å². The molecule has 0 saturated carbocycles. The summed E-state index contributed by atoms with van der Waals surface area (Å²) in [5, 5.41) is 3.05. The zero-order valence-electron chi connectivity index (χ0n) is 9.95. The molecule has 0 fully saturated rings. The summed E-state index contributed by atoms with van der Waals surface area (Å²) in [7, 11) is 0. The van der Waals surface area contributed by atoms with E-state index in [2.05, 4.69) is 15.3 Å². The average molecular weight is 249 g/mol. The van der Waals surface area contributed by atoms with Crippen LogP contribution in [0.25, 0.3) is 11.3 Å². The largest absolute Gasteiger partial charge is 0.369 e. The Balaban J connectivity index is 2.35. The standard InChI is InChI=1S/C13H13F2N3/c1-2-5-17-13-8-16-7-12(18-13)10-6-9(14)3-4-11(10)15/h3-4,6-8H,2,5H2,1H3,(H,17,18). The van der Waals surface area contributed by atoms with Crippen molar-refractivity contribution >= 4 is 5.82 Å². The molecule has 2 rings (SSSR count). The molecule has 1 aromatic carbocycles. The topological polar surface area (TPSA) is 37.8 Å². The summed E-state index contributed by atoms with van der Waals surface area (Å²) < 4.78 is 26.7. The van der Waals surface area contributed by atoms with Crippen LogP contribution in [0.1, 0.15) is 13.3 Å². The van der Waals surface area contributed by atoms with E-state index >= 15 is 0 Å². The molecule has 0 atom stereocenters. The van der Waals surface area contributed by atoms with Crippen molar-refractivity contribution in [1.29, 1.82) is 0 Å². The molecule has 0 aliphatic heterocycles. The highest BCUT2D eigenvalue weighted by atomic mass is 19.1. The first-order valence-corrected chi connectivity index (χ1v) is 5.72. The highest BCUT2D eigenvalue weighted by Crippen LogP contribution is 2.22. The van der Waals surface area contributed by atoms with E-state index in [0.29, 0.717) is 11.5 Å². The van der Waals surface area contributed by atoms with E-state index in [1.54, 1.807) is 6.20 Å². The van der Waals surface area contributed by atoms with Crippen LogP contribution in [-0.2, 0) is 0 Å². The zero-order valence-corrected chi connectivity index (χ0v) is 9.95.